The average Bonchev–Trinajstić information content (AvgIpc) is 2.69. The van der Waals surface area contributed by atoms with Gasteiger partial charge in [0.15, 0.2) is 0 Å². The van der Waals surface area contributed by atoms with Crippen LogP contribution in [0.15, 0.2) is 48.5 Å². The Hall–Kier alpha value is -2.54. The Morgan fingerprint density at radius 1 is 0.966 bits per heavy atom. The van der Waals surface area contributed by atoms with E-state index in [2.05, 4.69) is 13.8 Å². The molecule has 1 amide bonds. The number of carbonyl (C=O) groups is 1. The van der Waals surface area contributed by atoms with Gasteiger partial charge in [-0.2, -0.15) is 8.42 Å². The van der Waals surface area contributed by atoms with Gasteiger partial charge in [-0.15, -0.1) is 0 Å². The highest BCUT2D eigenvalue weighted by molar-refractivity contribution is 7.87. The van der Waals surface area contributed by atoms with E-state index in [4.69, 9.17) is 8.92 Å². The van der Waals surface area contributed by atoms with E-state index in [0.717, 1.165) is 16.9 Å². The summed E-state index contributed by atoms with van der Waals surface area (Å²) in [5, 5.41) is 0. The molecule has 0 aromatic heterocycles. The fourth-order valence-corrected chi connectivity index (χ4v) is 3.32. The summed E-state index contributed by atoms with van der Waals surface area (Å²) in [6, 6.07) is 14.3. The maximum absolute atomic E-state index is 12.9. The predicted octanol–water partition coefficient (Wildman–Crippen LogP) is 3.65. The number of carbonyl (C=O) groups excluding carboxylic acids is 1. The molecule has 0 aliphatic heterocycles. The molecule has 0 bridgehead atoms. The monoisotopic (exact) mass is 419 g/mol. The molecule has 0 heterocycles. The largest absolute Gasteiger partial charge is 0.497 e. The minimum atomic E-state index is -3.55. The fourth-order valence-electron chi connectivity index (χ4n) is 2.80. The van der Waals surface area contributed by atoms with Crippen LogP contribution in [0.4, 0.5) is 0 Å². The lowest BCUT2D eigenvalue weighted by atomic mass is 10.1. The van der Waals surface area contributed by atoms with Crippen molar-refractivity contribution < 1.29 is 22.1 Å². The van der Waals surface area contributed by atoms with Gasteiger partial charge in [0.2, 0.25) is 5.91 Å². The number of amides is 1. The molecule has 2 aromatic rings. The third-order valence-electron chi connectivity index (χ3n) is 4.33. The van der Waals surface area contributed by atoms with Crippen LogP contribution in [0.3, 0.4) is 0 Å². The van der Waals surface area contributed by atoms with E-state index in [1.807, 2.05) is 29.2 Å². The van der Waals surface area contributed by atoms with Crippen molar-refractivity contribution in [3.8, 4) is 11.5 Å². The van der Waals surface area contributed by atoms with Crippen molar-refractivity contribution in [1.29, 1.82) is 0 Å². The quantitative estimate of drug-likeness (QED) is 0.550. The summed E-state index contributed by atoms with van der Waals surface area (Å²) >= 11 is 0. The Labute approximate surface area is 173 Å². The molecule has 0 atom stereocenters. The van der Waals surface area contributed by atoms with Gasteiger partial charge in [0, 0.05) is 13.1 Å². The zero-order valence-corrected chi connectivity index (χ0v) is 18.2. The third-order valence-corrected chi connectivity index (χ3v) is 5.48. The van der Waals surface area contributed by atoms with Crippen molar-refractivity contribution in [3.63, 3.8) is 0 Å². The van der Waals surface area contributed by atoms with E-state index in [0.29, 0.717) is 25.4 Å². The van der Waals surface area contributed by atoms with E-state index in [1.165, 1.54) is 6.92 Å². The van der Waals surface area contributed by atoms with Crippen LogP contribution in [0, 0.1) is 5.92 Å². The van der Waals surface area contributed by atoms with Crippen LogP contribution in [0.2, 0.25) is 0 Å². The minimum absolute atomic E-state index is 0.0396. The Bertz CT molecular complexity index is 890. The number of hydrogen-bond donors (Lipinski definition) is 0. The Morgan fingerprint density at radius 2 is 1.52 bits per heavy atom. The lowest BCUT2D eigenvalue weighted by Gasteiger charge is -2.25. The molecule has 158 valence electrons. The molecule has 2 aromatic carbocycles. The molecule has 0 spiro atoms. The van der Waals surface area contributed by atoms with Crippen molar-refractivity contribution in [2.45, 2.75) is 33.7 Å². The van der Waals surface area contributed by atoms with Crippen molar-refractivity contribution in [2.75, 3.05) is 19.4 Å². The number of nitrogens with zero attached hydrogens (tertiary/aromatic N) is 1. The lowest BCUT2D eigenvalue weighted by Crippen LogP contribution is -2.34. The molecule has 0 aliphatic rings. The summed E-state index contributed by atoms with van der Waals surface area (Å²) in [4.78, 5) is 14.7. The molecule has 0 radical (unpaired) electrons. The number of ether oxygens (including phenoxy) is 1. The molecule has 0 aliphatic carbocycles. The first-order chi connectivity index (χ1) is 13.7. The van der Waals surface area contributed by atoms with Gasteiger partial charge >= 0.3 is 10.1 Å². The van der Waals surface area contributed by atoms with E-state index >= 15 is 0 Å². The SMILES string of the molecule is CCS(=O)(=O)Oc1ccc(CN(CC(C)C)C(=O)Cc2ccc(OC)cc2)cc1. The second-order valence-corrected chi connectivity index (χ2v) is 9.13. The van der Waals surface area contributed by atoms with Crippen LogP contribution in [-0.2, 0) is 27.9 Å². The maximum atomic E-state index is 12.9. The number of methoxy groups -OCH3 is 1. The van der Waals surface area contributed by atoms with Crippen LogP contribution >= 0.6 is 0 Å². The van der Waals surface area contributed by atoms with Crippen molar-refractivity contribution in [3.05, 3.63) is 59.7 Å². The average molecular weight is 420 g/mol. The summed E-state index contributed by atoms with van der Waals surface area (Å²) in [6.07, 6.45) is 0.312. The molecule has 0 saturated heterocycles. The van der Waals surface area contributed by atoms with Gasteiger partial charge in [0.1, 0.15) is 11.5 Å². The summed E-state index contributed by atoms with van der Waals surface area (Å²) in [5.41, 5.74) is 1.84. The predicted molar refractivity (Wildman–Crippen MR) is 113 cm³/mol. The zero-order valence-electron chi connectivity index (χ0n) is 17.4. The topological polar surface area (TPSA) is 72.9 Å². The van der Waals surface area contributed by atoms with E-state index < -0.39 is 10.1 Å². The van der Waals surface area contributed by atoms with Crippen molar-refractivity contribution in [2.24, 2.45) is 5.92 Å². The van der Waals surface area contributed by atoms with Gasteiger partial charge < -0.3 is 13.8 Å². The zero-order chi connectivity index (χ0) is 21.4. The van der Waals surface area contributed by atoms with Gasteiger partial charge in [0.05, 0.1) is 19.3 Å². The maximum Gasteiger partial charge on any atom is 0.308 e. The summed E-state index contributed by atoms with van der Waals surface area (Å²) < 4.78 is 33.3. The molecule has 0 N–H and O–H groups in total. The van der Waals surface area contributed by atoms with E-state index in [9.17, 15) is 13.2 Å². The summed E-state index contributed by atoms with van der Waals surface area (Å²) in [5.74, 6) is 1.31. The van der Waals surface area contributed by atoms with Crippen molar-refractivity contribution in [1.82, 2.24) is 4.90 Å². The second-order valence-electron chi connectivity index (χ2n) is 7.27. The Balaban J connectivity index is 2.08. The third kappa shape index (κ3) is 7.42. The lowest BCUT2D eigenvalue weighted by molar-refractivity contribution is -0.131. The standard InChI is InChI=1S/C22H29NO5S/c1-5-29(25,26)28-21-12-8-19(9-13-21)16-23(15-17(2)3)22(24)14-18-6-10-20(27-4)11-7-18/h6-13,17H,5,14-16H2,1-4H3. The van der Waals surface area contributed by atoms with Crippen LogP contribution < -0.4 is 8.92 Å². The molecule has 29 heavy (non-hydrogen) atoms. The fraction of sp³-hybridized carbons (Fsp3) is 0.409. The number of hydrogen-bond acceptors (Lipinski definition) is 5. The molecular formula is C22H29NO5S. The molecule has 0 saturated carbocycles. The Kier molecular flexibility index (Phi) is 8.08. The highest BCUT2D eigenvalue weighted by Crippen LogP contribution is 2.18. The van der Waals surface area contributed by atoms with Crippen LogP contribution in [0.25, 0.3) is 0 Å². The summed E-state index contributed by atoms with van der Waals surface area (Å²) in [6.45, 7) is 6.76. The molecule has 2 rings (SSSR count). The number of benzene rings is 2. The molecule has 0 fully saturated rings. The normalized spacial score (nSPS) is 11.3. The first kappa shape index (κ1) is 22.7. The molecule has 6 nitrogen and oxygen atoms in total. The van der Waals surface area contributed by atoms with Crippen LogP contribution in [0.1, 0.15) is 31.9 Å². The number of rotatable bonds is 10. The smallest absolute Gasteiger partial charge is 0.308 e. The van der Waals surface area contributed by atoms with Crippen molar-refractivity contribution >= 4 is 16.0 Å². The van der Waals surface area contributed by atoms with Gasteiger partial charge in [-0.3, -0.25) is 4.79 Å². The molecule has 7 heteroatoms. The molecule has 0 unspecified atom stereocenters. The Morgan fingerprint density at radius 3 is 2.03 bits per heavy atom. The van der Waals surface area contributed by atoms with Crippen LogP contribution in [-0.4, -0.2) is 38.6 Å². The first-order valence-corrected chi connectivity index (χ1v) is 11.2. The van der Waals surface area contributed by atoms with Gasteiger partial charge in [-0.05, 0) is 48.2 Å². The minimum Gasteiger partial charge on any atom is -0.497 e. The summed E-state index contributed by atoms with van der Waals surface area (Å²) in [7, 11) is -1.94. The van der Waals surface area contributed by atoms with Gasteiger partial charge in [0.25, 0.3) is 0 Å². The highest BCUT2D eigenvalue weighted by atomic mass is 32.2. The van der Waals surface area contributed by atoms with E-state index in [-0.39, 0.29) is 17.4 Å². The second kappa shape index (κ2) is 10.3. The highest BCUT2D eigenvalue weighted by Gasteiger charge is 2.17. The van der Waals surface area contributed by atoms with Crippen LogP contribution in [0.5, 0.6) is 11.5 Å². The molecular weight excluding hydrogens is 390 g/mol. The van der Waals surface area contributed by atoms with Gasteiger partial charge in [-0.25, -0.2) is 0 Å². The van der Waals surface area contributed by atoms with E-state index in [1.54, 1.807) is 31.4 Å². The first-order valence-electron chi connectivity index (χ1n) is 9.64. The van der Waals surface area contributed by atoms with Gasteiger partial charge in [-0.1, -0.05) is 38.1 Å².